The normalized spacial score (nSPS) is 14.0. The molecule has 0 spiro atoms. The Balaban J connectivity index is 4.47. The van der Waals surface area contributed by atoms with Gasteiger partial charge in [-0.15, -0.1) is 0 Å². The zero-order chi connectivity index (χ0) is 13.9. The van der Waals surface area contributed by atoms with Gasteiger partial charge in [0.1, 0.15) is 5.60 Å². The molecule has 0 saturated carbocycles. The van der Waals surface area contributed by atoms with Gasteiger partial charge in [-0.3, -0.25) is 0 Å². The minimum atomic E-state index is -1.30. The quantitative estimate of drug-likeness (QED) is 0.805. The van der Waals surface area contributed by atoms with E-state index < -0.39 is 23.7 Å². The molecule has 0 saturated heterocycles. The van der Waals surface area contributed by atoms with Crippen molar-refractivity contribution in [1.29, 1.82) is 0 Å². The molecule has 0 radical (unpaired) electrons. The summed E-state index contributed by atoms with van der Waals surface area (Å²) in [6.07, 6.45) is -0.454. The van der Waals surface area contributed by atoms with Crippen LogP contribution in [0.1, 0.15) is 48.0 Å². The minimum Gasteiger partial charge on any atom is -0.548 e. The Hall–Kier alpha value is -1.26. The van der Waals surface area contributed by atoms with Crippen molar-refractivity contribution in [2.24, 2.45) is 5.41 Å². The van der Waals surface area contributed by atoms with Crippen molar-refractivity contribution in [2.45, 2.75) is 59.6 Å². The van der Waals surface area contributed by atoms with Crippen LogP contribution in [-0.2, 0) is 9.53 Å². The van der Waals surface area contributed by atoms with Gasteiger partial charge in [0.25, 0.3) is 0 Å². The molecule has 0 aliphatic rings. The summed E-state index contributed by atoms with van der Waals surface area (Å²) in [5.41, 5.74) is -0.873. The van der Waals surface area contributed by atoms with Gasteiger partial charge in [0, 0.05) is 0 Å². The fourth-order valence-electron chi connectivity index (χ4n) is 1.26. The molecule has 0 unspecified atom stereocenters. The topological polar surface area (TPSA) is 78.5 Å². The minimum absolute atomic E-state index is 0.222. The van der Waals surface area contributed by atoms with Crippen LogP contribution in [0.5, 0.6) is 0 Å². The zero-order valence-corrected chi connectivity index (χ0v) is 11.4. The van der Waals surface area contributed by atoms with Crippen LogP contribution < -0.4 is 10.4 Å². The van der Waals surface area contributed by atoms with Crippen LogP contribution in [0.4, 0.5) is 4.79 Å². The molecular weight excluding hydrogens is 222 g/mol. The second-order valence-corrected chi connectivity index (χ2v) is 6.28. The van der Waals surface area contributed by atoms with E-state index in [4.69, 9.17) is 4.74 Å². The van der Waals surface area contributed by atoms with Crippen molar-refractivity contribution in [3.05, 3.63) is 0 Å². The maximum absolute atomic E-state index is 11.4. The third-order valence-electron chi connectivity index (χ3n) is 1.79. The number of nitrogens with one attached hydrogen (secondary N) is 1. The van der Waals surface area contributed by atoms with Crippen molar-refractivity contribution >= 4 is 12.1 Å². The molecule has 0 rings (SSSR count). The molecule has 0 aromatic heterocycles. The molecule has 0 fully saturated rings. The summed E-state index contributed by atoms with van der Waals surface area (Å²) < 4.78 is 4.99. The van der Waals surface area contributed by atoms with E-state index in [1.54, 1.807) is 20.8 Å². The average Bonchev–Trinajstić information content (AvgIpc) is 1.95. The first-order valence-electron chi connectivity index (χ1n) is 5.61. The van der Waals surface area contributed by atoms with E-state index in [-0.39, 0.29) is 11.8 Å². The van der Waals surface area contributed by atoms with Crippen molar-refractivity contribution in [2.75, 3.05) is 0 Å². The van der Waals surface area contributed by atoms with Crippen LogP contribution in [0.25, 0.3) is 0 Å². The van der Waals surface area contributed by atoms with E-state index in [9.17, 15) is 14.7 Å². The number of hydrogen-bond acceptors (Lipinski definition) is 4. The van der Waals surface area contributed by atoms with Crippen LogP contribution in [-0.4, -0.2) is 23.7 Å². The summed E-state index contributed by atoms with van der Waals surface area (Å²) in [6, 6.07) is -1.04. The van der Waals surface area contributed by atoms with E-state index in [0.717, 1.165) is 0 Å². The lowest BCUT2D eigenvalue weighted by atomic mass is 9.88. The highest BCUT2D eigenvalue weighted by molar-refractivity contribution is 5.78. The van der Waals surface area contributed by atoms with E-state index >= 15 is 0 Å². The largest absolute Gasteiger partial charge is 0.548 e. The number of rotatable bonds is 3. The van der Waals surface area contributed by atoms with Gasteiger partial charge in [-0.05, 0) is 32.6 Å². The predicted octanol–water partition coefficient (Wildman–Crippen LogP) is 1.07. The van der Waals surface area contributed by atoms with Crippen LogP contribution in [0.3, 0.4) is 0 Å². The van der Waals surface area contributed by atoms with Crippen molar-refractivity contribution in [1.82, 2.24) is 5.32 Å². The first kappa shape index (κ1) is 15.7. The molecule has 1 amide bonds. The SMILES string of the molecule is CC(C)(C)C[C@@H](NC(=O)OC(C)(C)C)C(=O)[O-]. The third-order valence-corrected chi connectivity index (χ3v) is 1.79. The first-order valence-corrected chi connectivity index (χ1v) is 5.61. The van der Waals surface area contributed by atoms with E-state index in [2.05, 4.69) is 5.32 Å². The van der Waals surface area contributed by atoms with Crippen molar-refractivity contribution in [3.8, 4) is 0 Å². The third kappa shape index (κ3) is 8.54. The highest BCUT2D eigenvalue weighted by Crippen LogP contribution is 2.20. The molecule has 0 aliphatic heterocycles. The van der Waals surface area contributed by atoms with Crippen LogP contribution >= 0.6 is 0 Å². The maximum Gasteiger partial charge on any atom is 0.408 e. The Labute approximate surface area is 103 Å². The van der Waals surface area contributed by atoms with Gasteiger partial charge in [0.05, 0.1) is 12.0 Å². The number of amides is 1. The average molecular weight is 244 g/mol. The van der Waals surface area contributed by atoms with Crippen LogP contribution in [0.15, 0.2) is 0 Å². The molecule has 0 aliphatic carbocycles. The number of alkyl carbamates (subject to hydrolysis) is 1. The van der Waals surface area contributed by atoms with E-state index in [1.807, 2.05) is 20.8 Å². The Morgan fingerprint density at radius 3 is 1.94 bits per heavy atom. The molecule has 0 heterocycles. The standard InChI is InChI=1S/C12H23NO4/c1-11(2,3)7-8(9(14)15)13-10(16)17-12(4,5)6/h8H,7H2,1-6H3,(H,13,16)(H,14,15)/p-1/t8-/m1/s1. The summed E-state index contributed by atoms with van der Waals surface area (Å²) in [7, 11) is 0. The first-order chi connectivity index (χ1) is 7.41. The molecule has 1 atom stereocenters. The van der Waals surface area contributed by atoms with Gasteiger partial charge in [0.2, 0.25) is 0 Å². The lowest BCUT2D eigenvalue weighted by molar-refractivity contribution is -0.309. The summed E-state index contributed by atoms with van der Waals surface area (Å²) >= 11 is 0. The molecule has 5 nitrogen and oxygen atoms in total. The summed E-state index contributed by atoms with van der Waals surface area (Å²) in [5.74, 6) is -1.30. The summed E-state index contributed by atoms with van der Waals surface area (Å²) in [4.78, 5) is 22.3. The Morgan fingerprint density at radius 1 is 1.18 bits per heavy atom. The molecule has 1 N–H and O–H groups in total. The predicted molar refractivity (Wildman–Crippen MR) is 62.2 cm³/mol. The van der Waals surface area contributed by atoms with Crippen molar-refractivity contribution < 1.29 is 19.4 Å². The number of carbonyl (C=O) groups excluding carboxylic acids is 2. The van der Waals surface area contributed by atoms with Gasteiger partial charge in [-0.2, -0.15) is 0 Å². The molecular formula is C12H22NO4-. The number of carboxylic acids is 1. The second-order valence-electron chi connectivity index (χ2n) is 6.28. The molecule has 0 bridgehead atoms. The second kappa shape index (κ2) is 5.38. The van der Waals surface area contributed by atoms with E-state index in [0.29, 0.717) is 0 Å². The number of hydrogen-bond donors (Lipinski definition) is 1. The highest BCUT2D eigenvalue weighted by Gasteiger charge is 2.24. The number of ether oxygens (including phenoxy) is 1. The summed E-state index contributed by atoms with van der Waals surface area (Å²) in [6.45, 7) is 10.8. The van der Waals surface area contributed by atoms with Crippen molar-refractivity contribution in [3.63, 3.8) is 0 Å². The fraction of sp³-hybridized carbons (Fsp3) is 0.833. The van der Waals surface area contributed by atoms with Crippen LogP contribution in [0.2, 0.25) is 0 Å². The van der Waals surface area contributed by atoms with Crippen LogP contribution in [0, 0.1) is 5.41 Å². The van der Waals surface area contributed by atoms with Gasteiger partial charge in [-0.25, -0.2) is 4.79 Å². The van der Waals surface area contributed by atoms with Gasteiger partial charge in [0.15, 0.2) is 0 Å². The highest BCUT2D eigenvalue weighted by atomic mass is 16.6. The molecule has 0 aromatic carbocycles. The van der Waals surface area contributed by atoms with E-state index in [1.165, 1.54) is 0 Å². The Bertz CT molecular complexity index is 286. The van der Waals surface area contributed by atoms with Gasteiger partial charge in [-0.1, -0.05) is 20.8 Å². The molecule has 17 heavy (non-hydrogen) atoms. The fourth-order valence-corrected chi connectivity index (χ4v) is 1.26. The van der Waals surface area contributed by atoms with Gasteiger partial charge >= 0.3 is 6.09 Å². The zero-order valence-electron chi connectivity index (χ0n) is 11.4. The Morgan fingerprint density at radius 2 is 1.65 bits per heavy atom. The number of carboxylic acid groups (broad SMARTS) is 1. The maximum atomic E-state index is 11.4. The lowest BCUT2D eigenvalue weighted by Gasteiger charge is -2.28. The molecule has 0 aromatic rings. The monoisotopic (exact) mass is 244 g/mol. The lowest BCUT2D eigenvalue weighted by Crippen LogP contribution is -2.50. The molecule has 5 heteroatoms. The van der Waals surface area contributed by atoms with Gasteiger partial charge < -0.3 is 20.0 Å². The number of carbonyl (C=O) groups is 2. The molecule has 100 valence electrons. The number of aliphatic carboxylic acids is 1. The Kier molecular flexibility index (Phi) is 4.98. The smallest absolute Gasteiger partial charge is 0.408 e. The summed E-state index contributed by atoms with van der Waals surface area (Å²) in [5, 5.41) is 13.2.